The largest absolute Gasteiger partial charge is 0.492 e. The first-order chi connectivity index (χ1) is 15.5. The predicted molar refractivity (Wildman–Crippen MR) is 120 cm³/mol. The number of carbonyl (C=O) groups excluding carboxylic acids is 1. The molecule has 0 spiro atoms. The minimum Gasteiger partial charge on any atom is -0.492 e. The molecule has 8 nitrogen and oxygen atoms in total. The van der Waals surface area contributed by atoms with Gasteiger partial charge in [-0.1, -0.05) is 30.3 Å². The maximum absolute atomic E-state index is 13.5. The van der Waals surface area contributed by atoms with E-state index in [0.29, 0.717) is 29.5 Å². The van der Waals surface area contributed by atoms with Crippen molar-refractivity contribution < 1.29 is 27.4 Å². The summed E-state index contributed by atoms with van der Waals surface area (Å²) in [5.41, 5.74) is 0.744. The van der Waals surface area contributed by atoms with Gasteiger partial charge in [-0.25, -0.2) is 8.42 Å². The molecule has 0 saturated heterocycles. The lowest BCUT2D eigenvalue weighted by Gasteiger charge is -2.26. The van der Waals surface area contributed by atoms with Gasteiger partial charge in [0.05, 0.1) is 17.2 Å². The van der Waals surface area contributed by atoms with Gasteiger partial charge in [0.2, 0.25) is 12.7 Å². The molecule has 0 aliphatic carbocycles. The van der Waals surface area contributed by atoms with Crippen molar-refractivity contribution in [3.63, 3.8) is 0 Å². The third kappa shape index (κ3) is 4.47. The van der Waals surface area contributed by atoms with E-state index in [1.165, 1.54) is 12.1 Å². The Kier molecular flexibility index (Phi) is 6.18. The number of anilines is 2. The molecule has 3 aromatic rings. The molecule has 166 valence electrons. The number of carbonyl (C=O) groups is 1. The highest BCUT2D eigenvalue weighted by atomic mass is 32.2. The Morgan fingerprint density at radius 1 is 1.00 bits per heavy atom. The molecule has 1 aliphatic rings. The first kappa shape index (κ1) is 21.5. The van der Waals surface area contributed by atoms with Crippen molar-refractivity contribution in [3.8, 4) is 17.2 Å². The molecule has 0 aromatic heterocycles. The maximum Gasteiger partial charge on any atom is 0.264 e. The minimum absolute atomic E-state index is 0.0715. The second-order valence-electron chi connectivity index (χ2n) is 6.84. The SMILES string of the molecule is CCOc1ccccc1N(CC(=O)Nc1ccc2c(c1)OCO2)S(=O)(=O)c1ccccc1. The van der Waals surface area contributed by atoms with E-state index >= 15 is 0 Å². The molecule has 4 rings (SSSR count). The van der Waals surface area contributed by atoms with Gasteiger partial charge in [-0.05, 0) is 43.3 Å². The number of hydrogen-bond donors (Lipinski definition) is 1. The van der Waals surface area contributed by atoms with Crippen LogP contribution < -0.4 is 23.8 Å². The summed E-state index contributed by atoms with van der Waals surface area (Å²) in [6, 6.07) is 19.7. The lowest BCUT2D eigenvalue weighted by molar-refractivity contribution is -0.114. The van der Waals surface area contributed by atoms with Crippen molar-refractivity contribution in [1.82, 2.24) is 0 Å². The number of nitrogens with zero attached hydrogens (tertiary/aromatic N) is 1. The molecule has 9 heteroatoms. The van der Waals surface area contributed by atoms with E-state index in [-0.39, 0.29) is 17.4 Å². The van der Waals surface area contributed by atoms with Crippen LogP contribution in [0.5, 0.6) is 17.2 Å². The van der Waals surface area contributed by atoms with Gasteiger partial charge >= 0.3 is 0 Å². The van der Waals surface area contributed by atoms with Gasteiger partial charge in [0.25, 0.3) is 10.0 Å². The second-order valence-corrected chi connectivity index (χ2v) is 8.70. The quantitative estimate of drug-likeness (QED) is 0.558. The lowest BCUT2D eigenvalue weighted by atomic mass is 10.2. The van der Waals surface area contributed by atoms with E-state index in [9.17, 15) is 13.2 Å². The zero-order valence-corrected chi connectivity index (χ0v) is 18.2. The van der Waals surface area contributed by atoms with Crippen LogP contribution in [0.3, 0.4) is 0 Å². The number of amides is 1. The Bertz CT molecular complexity index is 1210. The van der Waals surface area contributed by atoms with Gasteiger partial charge in [0.15, 0.2) is 11.5 Å². The van der Waals surface area contributed by atoms with Gasteiger partial charge in [0, 0.05) is 11.8 Å². The van der Waals surface area contributed by atoms with Crippen molar-refractivity contribution in [2.45, 2.75) is 11.8 Å². The van der Waals surface area contributed by atoms with Crippen molar-refractivity contribution in [1.29, 1.82) is 0 Å². The summed E-state index contributed by atoms with van der Waals surface area (Å²) in [7, 11) is -4.04. The zero-order valence-electron chi connectivity index (χ0n) is 17.4. The van der Waals surface area contributed by atoms with E-state index in [0.717, 1.165) is 4.31 Å². The van der Waals surface area contributed by atoms with Crippen LogP contribution in [0.4, 0.5) is 11.4 Å². The number of rotatable bonds is 8. The van der Waals surface area contributed by atoms with Crippen LogP contribution in [0.15, 0.2) is 77.7 Å². The fraction of sp³-hybridized carbons (Fsp3) is 0.174. The molecular weight excluding hydrogens is 432 g/mol. The average molecular weight is 455 g/mol. The summed E-state index contributed by atoms with van der Waals surface area (Å²) < 4.78 is 44.3. The highest BCUT2D eigenvalue weighted by Crippen LogP contribution is 2.35. The van der Waals surface area contributed by atoms with Crippen LogP contribution in [0.25, 0.3) is 0 Å². The normalized spacial score (nSPS) is 12.3. The summed E-state index contributed by atoms with van der Waals surface area (Å²) in [5, 5.41) is 2.73. The smallest absolute Gasteiger partial charge is 0.264 e. The lowest BCUT2D eigenvalue weighted by Crippen LogP contribution is -2.38. The van der Waals surface area contributed by atoms with Crippen molar-refractivity contribution in [2.75, 3.05) is 29.6 Å². The Morgan fingerprint density at radius 3 is 2.50 bits per heavy atom. The fourth-order valence-corrected chi connectivity index (χ4v) is 4.72. The standard InChI is InChI=1S/C23H22N2O6S/c1-2-29-20-11-7-6-10-19(20)25(32(27,28)18-8-4-3-5-9-18)15-23(26)24-17-12-13-21-22(14-17)31-16-30-21/h3-14H,2,15-16H2,1H3,(H,24,26). The Labute approximate surface area is 186 Å². The van der Waals surface area contributed by atoms with E-state index < -0.39 is 22.5 Å². The second kappa shape index (κ2) is 9.19. The minimum atomic E-state index is -4.04. The van der Waals surface area contributed by atoms with Crippen molar-refractivity contribution in [3.05, 3.63) is 72.8 Å². The Balaban J connectivity index is 1.66. The van der Waals surface area contributed by atoms with Crippen LogP contribution in [0.2, 0.25) is 0 Å². The van der Waals surface area contributed by atoms with Crippen LogP contribution in [0, 0.1) is 0 Å². The third-order valence-electron chi connectivity index (χ3n) is 4.71. The number of benzene rings is 3. The Morgan fingerprint density at radius 2 is 1.72 bits per heavy atom. The molecule has 0 bridgehead atoms. The maximum atomic E-state index is 13.5. The molecule has 0 saturated carbocycles. The van der Waals surface area contributed by atoms with E-state index in [1.54, 1.807) is 67.6 Å². The molecule has 3 aromatic carbocycles. The van der Waals surface area contributed by atoms with Crippen LogP contribution in [-0.4, -0.2) is 34.3 Å². The summed E-state index contributed by atoms with van der Waals surface area (Å²) >= 11 is 0. The first-order valence-electron chi connectivity index (χ1n) is 9.98. The number of fused-ring (bicyclic) bond motifs is 1. The number of sulfonamides is 1. The Hall–Kier alpha value is -3.72. The van der Waals surface area contributed by atoms with E-state index in [4.69, 9.17) is 14.2 Å². The molecule has 0 unspecified atom stereocenters. The van der Waals surface area contributed by atoms with Crippen LogP contribution >= 0.6 is 0 Å². The van der Waals surface area contributed by atoms with Crippen LogP contribution in [0.1, 0.15) is 6.92 Å². The summed E-state index contributed by atoms with van der Waals surface area (Å²) in [4.78, 5) is 13.0. The van der Waals surface area contributed by atoms with Crippen molar-refractivity contribution in [2.24, 2.45) is 0 Å². The van der Waals surface area contributed by atoms with Gasteiger partial charge < -0.3 is 19.5 Å². The number of ether oxygens (including phenoxy) is 3. The zero-order chi connectivity index (χ0) is 22.6. The van der Waals surface area contributed by atoms with Crippen molar-refractivity contribution >= 4 is 27.3 Å². The van der Waals surface area contributed by atoms with Gasteiger partial charge in [-0.2, -0.15) is 0 Å². The van der Waals surface area contributed by atoms with Gasteiger partial charge in [-0.3, -0.25) is 9.10 Å². The monoisotopic (exact) mass is 454 g/mol. The molecule has 32 heavy (non-hydrogen) atoms. The summed E-state index contributed by atoms with van der Waals surface area (Å²) in [6.07, 6.45) is 0. The molecule has 1 aliphatic heterocycles. The number of hydrogen-bond acceptors (Lipinski definition) is 6. The molecule has 1 amide bonds. The third-order valence-corrected chi connectivity index (χ3v) is 6.48. The highest BCUT2D eigenvalue weighted by Gasteiger charge is 2.29. The fourth-order valence-electron chi connectivity index (χ4n) is 3.27. The molecule has 1 N–H and O–H groups in total. The molecule has 0 fully saturated rings. The topological polar surface area (TPSA) is 94.2 Å². The summed E-state index contributed by atoms with van der Waals surface area (Å²) in [5.74, 6) is 0.945. The number of para-hydroxylation sites is 2. The predicted octanol–water partition coefficient (Wildman–Crippen LogP) is 3.65. The molecule has 0 atom stereocenters. The first-order valence-corrected chi connectivity index (χ1v) is 11.4. The number of nitrogens with one attached hydrogen (secondary N) is 1. The molecule has 0 radical (unpaired) electrons. The molecule has 1 heterocycles. The summed E-state index contributed by atoms with van der Waals surface area (Å²) in [6.45, 7) is 1.82. The molecular formula is C23H22N2O6S. The van der Waals surface area contributed by atoms with Gasteiger partial charge in [0.1, 0.15) is 12.3 Å². The average Bonchev–Trinajstić information content (AvgIpc) is 3.27. The highest BCUT2D eigenvalue weighted by molar-refractivity contribution is 7.92. The van der Waals surface area contributed by atoms with E-state index in [2.05, 4.69) is 5.32 Å². The van der Waals surface area contributed by atoms with Crippen LogP contribution in [-0.2, 0) is 14.8 Å². The van der Waals surface area contributed by atoms with E-state index in [1.807, 2.05) is 0 Å². The van der Waals surface area contributed by atoms with Gasteiger partial charge in [-0.15, -0.1) is 0 Å².